The molecule has 0 heterocycles. The van der Waals surface area contributed by atoms with Crippen LogP contribution in [0.5, 0.6) is 5.75 Å². The van der Waals surface area contributed by atoms with Gasteiger partial charge in [0.05, 0.1) is 7.11 Å². The fourth-order valence-electron chi connectivity index (χ4n) is 11.9. The molecule has 0 aliphatic heterocycles. The average Bonchev–Trinajstić information content (AvgIpc) is 4.00. The summed E-state index contributed by atoms with van der Waals surface area (Å²) in [6.45, 7) is 5.00. The summed E-state index contributed by atoms with van der Waals surface area (Å²) in [6.07, 6.45) is 24.3. The summed E-state index contributed by atoms with van der Waals surface area (Å²) in [5.74, 6) is 6.80. The van der Waals surface area contributed by atoms with E-state index in [9.17, 15) is 0 Å². The van der Waals surface area contributed by atoms with Gasteiger partial charge in [-0.3, -0.25) is 0 Å². The van der Waals surface area contributed by atoms with Crippen LogP contribution in [0.3, 0.4) is 0 Å². The molecule has 6 aliphatic carbocycles. The van der Waals surface area contributed by atoms with Gasteiger partial charge in [0.1, 0.15) is 5.75 Å². The van der Waals surface area contributed by atoms with E-state index in [2.05, 4.69) is 86.6 Å². The summed E-state index contributed by atoms with van der Waals surface area (Å²) in [4.78, 5) is 0. The normalized spacial score (nSPS) is 31.4. The molecular formula is C48H68FeOP2. The molecule has 0 N–H and O–H groups in total. The van der Waals surface area contributed by atoms with E-state index in [1.54, 1.807) is 69.3 Å². The van der Waals surface area contributed by atoms with Crippen LogP contribution in [-0.2, 0) is 17.1 Å². The third kappa shape index (κ3) is 8.78. The topological polar surface area (TPSA) is 9.23 Å². The Labute approximate surface area is 332 Å². The molecule has 52 heavy (non-hydrogen) atoms. The van der Waals surface area contributed by atoms with Crippen LogP contribution >= 0.6 is 15.8 Å². The van der Waals surface area contributed by atoms with Crippen molar-refractivity contribution in [2.75, 3.05) is 7.11 Å². The van der Waals surface area contributed by atoms with Gasteiger partial charge in [0, 0.05) is 0 Å². The van der Waals surface area contributed by atoms with E-state index < -0.39 is 7.92 Å². The molecule has 6 saturated carbocycles. The number of ether oxygens (including phenoxy) is 1. The standard InChI is InChI=1S/C41H52OP2.C5H10.2CH3.Fe/c1-27-11-19-34(20-12-27)44(35-21-17-33(42-3)18-22-35)39-10-5-4-7-38(39)37-9-6-8-36(37)28(2)43(40-25-29-13-15-31(40)23-29)41-26-30-14-16-32(41)24-30;1-2-4-5-3-1;;;/h4-5,7,10-12,17-22,28-32,36-37,40-41H,6,8-9,13-16,23-26H2,1-3H3;1-5H2;2*1H3;/q;;2*-1;+2/t28-,29?,30?,31?,32?,36?,37?,40?,41?,43?,44?;;;;/m1..../s1. The van der Waals surface area contributed by atoms with E-state index in [1.807, 2.05) is 0 Å². The van der Waals surface area contributed by atoms with Crippen molar-refractivity contribution in [1.82, 2.24) is 0 Å². The van der Waals surface area contributed by atoms with Crippen LogP contribution in [0.2, 0.25) is 0 Å². The molecule has 3 aromatic rings. The summed E-state index contributed by atoms with van der Waals surface area (Å²) in [5.41, 5.74) is 6.10. The van der Waals surface area contributed by atoms with Gasteiger partial charge in [-0.25, -0.2) is 0 Å². The Morgan fingerprint density at radius 2 is 1.15 bits per heavy atom. The molecule has 0 amide bonds. The maximum atomic E-state index is 5.57. The van der Waals surface area contributed by atoms with Gasteiger partial charge in [0.25, 0.3) is 0 Å². The maximum absolute atomic E-state index is 5.57. The fourth-order valence-corrected chi connectivity index (χ4v) is 19.5. The SMILES string of the molecule is C1CCCC1.COc1ccc(P(c2ccc(C)cc2)c2ccccc2C2CCCC2[C@@H](C)P(C2CC3CCC2C3)C2CC3CCC2C3)cc1.[CH3-].[CH3-].[Fe+2]. The van der Waals surface area contributed by atoms with E-state index in [0.717, 1.165) is 52.3 Å². The van der Waals surface area contributed by atoms with E-state index in [0.29, 0.717) is 5.92 Å². The third-order valence-electron chi connectivity index (χ3n) is 14.3. The quantitative estimate of drug-likeness (QED) is 0.119. The maximum Gasteiger partial charge on any atom is 2.00 e. The largest absolute Gasteiger partial charge is 2.00 e. The Kier molecular flexibility index (Phi) is 15.4. The summed E-state index contributed by atoms with van der Waals surface area (Å²) < 4.78 is 5.57. The van der Waals surface area contributed by atoms with Gasteiger partial charge in [-0.2, -0.15) is 0 Å². The molecule has 9 unspecified atom stereocenters. The Morgan fingerprint density at radius 1 is 0.615 bits per heavy atom. The van der Waals surface area contributed by atoms with Crippen molar-refractivity contribution < 1.29 is 21.8 Å². The van der Waals surface area contributed by atoms with Gasteiger partial charge in [-0.15, -0.1) is 0 Å². The van der Waals surface area contributed by atoms with Crippen LogP contribution in [0, 0.1) is 51.4 Å². The van der Waals surface area contributed by atoms with Crippen molar-refractivity contribution in [3.8, 4) is 5.75 Å². The fraction of sp³-hybridized carbons (Fsp3) is 0.583. The summed E-state index contributed by atoms with van der Waals surface area (Å²) >= 11 is 0. The number of rotatable bonds is 9. The van der Waals surface area contributed by atoms with Crippen LogP contribution in [0.25, 0.3) is 0 Å². The van der Waals surface area contributed by atoms with E-state index in [4.69, 9.17) is 4.74 Å². The second-order valence-corrected chi connectivity index (χ2v) is 22.3. The first-order valence-electron chi connectivity index (χ1n) is 20.4. The first-order chi connectivity index (χ1) is 24.1. The van der Waals surface area contributed by atoms with Crippen molar-refractivity contribution in [3.63, 3.8) is 0 Å². The molecule has 3 aromatic carbocycles. The van der Waals surface area contributed by atoms with Crippen molar-refractivity contribution in [2.24, 2.45) is 29.6 Å². The van der Waals surface area contributed by atoms with Gasteiger partial charge in [0.2, 0.25) is 0 Å². The van der Waals surface area contributed by atoms with Crippen LogP contribution in [0.1, 0.15) is 127 Å². The van der Waals surface area contributed by atoms with Crippen LogP contribution in [-0.4, -0.2) is 24.1 Å². The summed E-state index contributed by atoms with van der Waals surface area (Å²) in [7, 11) is 1.22. The molecule has 4 bridgehead atoms. The average molecular weight is 779 g/mol. The Bertz CT molecular complexity index is 1480. The van der Waals surface area contributed by atoms with Crippen molar-refractivity contribution in [1.29, 1.82) is 0 Å². The van der Waals surface area contributed by atoms with Crippen molar-refractivity contribution >= 4 is 31.8 Å². The van der Waals surface area contributed by atoms with Crippen LogP contribution in [0.4, 0.5) is 0 Å². The number of methoxy groups -OCH3 is 1. The van der Waals surface area contributed by atoms with Gasteiger partial charge >= 0.3 is 17.1 Å². The molecular weight excluding hydrogens is 710 g/mol. The molecule has 6 aliphatic rings. The summed E-state index contributed by atoms with van der Waals surface area (Å²) in [6, 6.07) is 28.2. The smallest absolute Gasteiger partial charge is 0.497 e. The number of hydrogen-bond acceptors (Lipinski definition) is 1. The zero-order valence-corrected chi connectivity index (χ0v) is 36.0. The predicted octanol–water partition coefficient (Wildman–Crippen LogP) is 12.7. The van der Waals surface area contributed by atoms with Crippen molar-refractivity contribution in [3.05, 3.63) is 98.8 Å². The van der Waals surface area contributed by atoms with Gasteiger partial charge in [-0.05, 0) is 152 Å². The van der Waals surface area contributed by atoms with Crippen LogP contribution < -0.4 is 20.7 Å². The van der Waals surface area contributed by atoms with Gasteiger partial charge in [0.15, 0.2) is 0 Å². The molecule has 9 rings (SSSR count). The molecule has 0 radical (unpaired) electrons. The Morgan fingerprint density at radius 3 is 1.65 bits per heavy atom. The predicted molar refractivity (Wildman–Crippen MR) is 227 cm³/mol. The van der Waals surface area contributed by atoms with Crippen molar-refractivity contribution in [2.45, 2.75) is 139 Å². The molecule has 6 fully saturated rings. The number of benzene rings is 3. The molecule has 10 atom stereocenters. The van der Waals surface area contributed by atoms with E-state index in [-0.39, 0.29) is 39.8 Å². The molecule has 284 valence electrons. The minimum atomic E-state index is -0.642. The zero-order chi connectivity index (χ0) is 33.3. The monoisotopic (exact) mass is 778 g/mol. The number of hydrogen-bond donors (Lipinski definition) is 0. The molecule has 1 nitrogen and oxygen atoms in total. The minimum absolute atomic E-state index is 0. The van der Waals surface area contributed by atoms with E-state index in [1.165, 1.54) is 67.5 Å². The molecule has 0 aromatic heterocycles. The first-order valence-corrected chi connectivity index (χ1v) is 23.3. The minimum Gasteiger partial charge on any atom is -0.497 e. The van der Waals surface area contributed by atoms with Gasteiger partial charge in [-0.1, -0.05) is 132 Å². The second-order valence-electron chi connectivity index (χ2n) is 17.1. The Hall–Kier alpha value is -1.16. The van der Waals surface area contributed by atoms with Gasteiger partial charge < -0.3 is 19.6 Å². The third-order valence-corrected chi connectivity index (χ3v) is 20.9. The number of aryl methyl sites for hydroxylation is 1. The van der Waals surface area contributed by atoms with E-state index >= 15 is 0 Å². The molecule has 4 heteroatoms. The van der Waals surface area contributed by atoms with Crippen LogP contribution in [0.15, 0.2) is 72.8 Å². The molecule has 0 saturated heterocycles. The molecule has 0 spiro atoms. The second kappa shape index (κ2) is 19.1. The number of fused-ring (bicyclic) bond motifs is 4. The first kappa shape index (κ1) is 42.0. The Balaban J connectivity index is 0.000000605. The zero-order valence-electron chi connectivity index (χ0n) is 33.1. The summed E-state index contributed by atoms with van der Waals surface area (Å²) in [5, 5.41) is 4.51.